The Labute approximate surface area is 105 Å². The molecule has 2 heterocycles. The summed E-state index contributed by atoms with van der Waals surface area (Å²) in [7, 11) is 0. The van der Waals surface area contributed by atoms with Crippen LogP contribution in [-0.2, 0) is 0 Å². The zero-order valence-electron chi connectivity index (χ0n) is 9.22. The number of thiocarbonyl (C=S) groups is 1. The number of thioether (sulfide) groups is 1. The van der Waals surface area contributed by atoms with E-state index in [4.69, 9.17) is 18.0 Å². The molecule has 2 rings (SSSR count). The van der Waals surface area contributed by atoms with Gasteiger partial charge in [0.1, 0.15) is 10.8 Å². The largest absolute Gasteiger partial charge is 0.389 e. The lowest BCUT2D eigenvalue weighted by Crippen LogP contribution is -2.42. The topological polar surface area (TPSA) is 42.2 Å². The third-order valence-electron chi connectivity index (χ3n) is 2.69. The Morgan fingerprint density at radius 2 is 2.50 bits per heavy atom. The quantitative estimate of drug-likeness (QED) is 0.812. The highest BCUT2D eigenvalue weighted by atomic mass is 32.2. The minimum absolute atomic E-state index is 0.425. The molecule has 1 aliphatic rings. The summed E-state index contributed by atoms with van der Waals surface area (Å²) >= 11 is 7.05. The monoisotopic (exact) mass is 253 g/mol. The maximum absolute atomic E-state index is 5.73. The Bertz CT molecular complexity index is 395. The number of anilines is 1. The molecule has 0 amide bonds. The van der Waals surface area contributed by atoms with Gasteiger partial charge in [0.05, 0.1) is 5.56 Å². The van der Waals surface area contributed by atoms with Gasteiger partial charge in [0, 0.05) is 30.3 Å². The SMILES string of the molecule is CC1CSCCN1c1ncccc1C(N)=S. The van der Waals surface area contributed by atoms with Gasteiger partial charge in [-0.1, -0.05) is 12.2 Å². The van der Waals surface area contributed by atoms with Crippen LogP contribution in [0.25, 0.3) is 0 Å². The lowest BCUT2D eigenvalue weighted by molar-refractivity contribution is 0.689. The average molecular weight is 253 g/mol. The molecule has 1 aliphatic heterocycles. The van der Waals surface area contributed by atoms with Crippen LogP contribution in [0.4, 0.5) is 5.82 Å². The second-order valence-corrected chi connectivity index (χ2v) is 5.45. The van der Waals surface area contributed by atoms with E-state index in [9.17, 15) is 0 Å². The molecule has 0 radical (unpaired) electrons. The molecule has 1 atom stereocenters. The number of hydrogen-bond acceptors (Lipinski definition) is 4. The van der Waals surface area contributed by atoms with Crippen molar-refractivity contribution in [1.29, 1.82) is 0 Å². The summed E-state index contributed by atoms with van der Waals surface area (Å²) < 4.78 is 0. The number of nitrogens with zero attached hydrogens (tertiary/aromatic N) is 2. The Kier molecular flexibility index (Phi) is 3.66. The molecule has 2 N–H and O–H groups in total. The van der Waals surface area contributed by atoms with Crippen LogP contribution in [0.3, 0.4) is 0 Å². The van der Waals surface area contributed by atoms with E-state index in [0.29, 0.717) is 11.0 Å². The first-order chi connectivity index (χ1) is 7.70. The Morgan fingerprint density at radius 3 is 3.19 bits per heavy atom. The van der Waals surface area contributed by atoms with Gasteiger partial charge in [-0.15, -0.1) is 0 Å². The fraction of sp³-hybridized carbons (Fsp3) is 0.455. The number of rotatable bonds is 2. The van der Waals surface area contributed by atoms with Crippen molar-refractivity contribution < 1.29 is 0 Å². The van der Waals surface area contributed by atoms with Crippen LogP contribution in [0, 0.1) is 0 Å². The maximum atomic E-state index is 5.73. The zero-order chi connectivity index (χ0) is 11.5. The maximum Gasteiger partial charge on any atom is 0.139 e. The van der Waals surface area contributed by atoms with Crippen molar-refractivity contribution in [3.63, 3.8) is 0 Å². The molecule has 1 aromatic heterocycles. The third kappa shape index (κ3) is 2.30. The Balaban J connectivity index is 2.34. The summed E-state index contributed by atoms with van der Waals surface area (Å²) in [6.45, 7) is 3.22. The van der Waals surface area contributed by atoms with Crippen molar-refractivity contribution in [2.45, 2.75) is 13.0 Å². The van der Waals surface area contributed by atoms with Crippen molar-refractivity contribution in [2.24, 2.45) is 5.73 Å². The fourth-order valence-corrected chi connectivity index (χ4v) is 3.03. The lowest BCUT2D eigenvalue weighted by Gasteiger charge is -2.35. The molecule has 3 nitrogen and oxygen atoms in total. The van der Waals surface area contributed by atoms with Crippen LogP contribution in [0.2, 0.25) is 0 Å². The molecule has 1 fully saturated rings. The summed E-state index contributed by atoms with van der Waals surface area (Å²) in [4.78, 5) is 7.14. The van der Waals surface area contributed by atoms with Crippen LogP contribution in [-0.4, -0.2) is 34.1 Å². The molecular weight excluding hydrogens is 238 g/mol. The minimum atomic E-state index is 0.425. The van der Waals surface area contributed by atoms with E-state index < -0.39 is 0 Å². The van der Waals surface area contributed by atoms with Gasteiger partial charge < -0.3 is 10.6 Å². The summed E-state index contributed by atoms with van der Waals surface area (Å²) in [5.74, 6) is 3.20. The Morgan fingerprint density at radius 1 is 1.69 bits per heavy atom. The smallest absolute Gasteiger partial charge is 0.139 e. The van der Waals surface area contributed by atoms with Gasteiger partial charge in [0.2, 0.25) is 0 Å². The summed E-state index contributed by atoms with van der Waals surface area (Å²) in [5.41, 5.74) is 6.61. The zero-order valence-corrected chi connectivity index (χ0v) is 10.9. The van der Waals surface area contributed by atoms with E-state index in [0.717, 1.165) is 29.4 Å². The van der Waals surface area contributed by atoms with Gasteiger partial charge in [-0.05, 0) is 19.1 Å². The number of hydrogen-bond donors (Lipinski definition) is 1. The predicted molar refractivity (Wildman–Crippen MR) is 74.3 cm³/mol. The molecule has 5 heteroatoms. The molecule has 0 aliphatic carbocycles. The van der Waals surface area contributed by atoms with E-state index in [2.05, 4.69) is 16.8 Å². The first kappa shape index (κ1) is 11.7. The van der Waals surface area contributed by atoms with Crippen LogP contribution in [0.15, 0.2) is 18.3 Å². The van der Waals surface area contributed by atoms with E-state index in [1.807, 2.05) is 23.9 Å². The van der Waals surface area contributed by atoms with Gasteiger partial charge in [0.25, 0.3) is 0 Å². The summed E-state index contributed by atoms with van der Waals surface area (Å²) in [5, 5.41) is 0. The number of pyridine rings is 1. The van der Waals surface area contributed by atoms with Gasteiger partial charge in [-0.3, -0.25) is 0 Å². The lowest BCUT2D eigenvalue weighted by atomic mass is 10.2. The normalized spacial score (nSPS) is 20.8. The average Bonchev–Trinajstić information content (AvgIpc) is 2.29. The molecule has 1 unspecified atom stereocenters. The van der Waals surface area contributed by atoms with Crippen LogP contribution in [0.5, 0.6) is 0 Å². The molecular formula is C11H15N3S2. The second kappa shape index (κ2) is 5.01. The van der Waals surface area contributed by atoms with Crippen molar-refractivity contribution in [2.75, 3.05) is 23.0 Å². The van der Waals surface area contributed by atoms with Crippen molar-refractivity contribution in [3.05, 3.63) is 23.9 Å². The third-order valence-corrected chi connectivity index (χ3v) is 4.10. The Hall–Kier alpha value is -0.810. The van der Waals surface area contributed by atoms with Gasteiger partial charge in [-0.25, -0.2) is 4.98 Å². The van der Waals surface area contributed by atoms with Crippen molar-refractivity contribution in [1.82, 2.24) is 4.98 Å². The molecule has 16 heavy (non-hydrogen) atoms. The van der Waals surface area contributed by atoms with Crippen LogP contribution < -0.4 is 10.6 Å². The molecule has 86 valence electrons. The predicted octanol–water partition coefficient (Wildman–Crippen LogP) is 1.66. The first-order valence-corrected chi connectivity index (χ1v) is 6.85. The van der Waals surface area contributed by atoms with Crippen LogP contribution in [0.1, 0.15) is 12.5 Å². The summed E-state index contributed by atoms with van der Waals surface area (Å²) in [6.07, 6.45) is 1.80. The molecule has 1 saturated heterocycles. The van der Waals surface area contributed by atoms with Gasteiger partial charge >= 0.3 is 0 Å². The van der Waals surface area contributed by atoms with E-state index in [1.165, 1.54) is 0 Å². The van der Waals surface area contributed by atoms with Crippen molar-refractivity contribution in [3.8, 4) is 0 Å². The molecule has 0 saturated carbocycles. The van der Waals surface area contributed by atoms with Gasteiger partial charge in [-0.2, -0.15) is 11.8 Å². The molecule has 0 spiro atoms. The van der Waals surface area contributed by atoms with Crippen LogP contribution >= 0.6 is 24.0 Å². The van der Waals surface area contributed by atoms with E-state index in [1.54, 1.807) is 6.20 Å². The van der Waals surface area contributed by atoms with E-state index >= 15 is 0 Å². The molecule has 0 bridgehead atoms. The first-order valence-electron chi connectivity index (χ1n) is 5.29. The second-order valence-electron chi connectivity index (χ2n) is 3.86. The minimum Gasteiger partial charge on any atom is -0.389 e. The van der Waals surface area contributed by atoms with E-state index in [-0.39, 0.29) is 0 Å². The highest BCUT2D eigenvalue weighted by molar-refractivity contribution is 7.99. The highest BCUT2D eigenvalue weighted by Gasteiger charge is 2.22. The van der Waals surface area contributed by atoms with Gasteiger partial charge in [0.15, 0.2) is 0 Å². The standard InChI is InChI=1S/C11H15N3S2/c1-8-7-16-6-5-14(8)11-9(10(12)15)3-2-4-13-11/h2-4,8H,5-7H2,1H3,(H2,12,15). The fourth-order valence-electron chi connectivity index (χ4n) is 1.86. The molecule has 0 aromatic carbocycles. The summed E-state index contributed by atoms with van der Waals surface area (Å²) in [6, 6.07) is 4.31. The number of aromatic nitrogens is 1. The highest BCUT2D eigenvalue weighted by Crippen LogP contribution is 2.24. The number of nitrogens with two attached hydrogens (primary N) is 1. The molecule has 1 aromatic rings. The van der Waals surface area contributed by atoms with Crippen molar-refractivity contribution >= 4 is 34.8 Å².